The summed E-state index contributed by atoms with van der Waals surface area (Å²) in [4.78, 5) is 0. The van der Waals surface area contributed by atoms with Crippen molar-refractivity contribution in [1.29, 1.82) is 0 Å². The van der Waals surface area contributed by atoms with E-state index < -0.39 is 0 Å². The Kier molecular flexibility index (Phi) is 6.55. The molecule has 0 saturated carbocycles. The van der Waals surface area contributed by atoms with Crippen LogP contribution in [-0.2, 0) is 0 Å². The molecule has 0 spiro atoms. The monoisotopic (exact) mass is 144 g/mol. The van der Waals surface area contributed by atoms with Crippen LogP contribution in [0.2, 0.25) is 0 Å². The van der Waals surface area contributed by atoms with Gasteiger partial charge in [0.15, 0.2) is 0 Å². The fourth-order valence-corrected chi connectivity index (χ4v) is 0.727. The van der Waals surface area contributed by atoms with Crippen molar-refractivity contribution in [3.05, 3.63) is 12.2 Å². The topological polar surface area (TPSA) is 40.5 Å². The zero-order valence-electron chi connectivity index (χ0n) is 6.45. The van der Waals surface area contributed by atoms with E-state index in [0.717, 1.165) is 19.3 Å². The van der Waals surface area contributed by atoms with Crippen LogP contribution in [0.4, 0.5) is 0 Å². The van der Waals surface area contributed by atoms with Gasteiger partial charge in [0.2, 0.25) is 0 Å². The molecule has 0 saturated heterocycles. The maximum Gasteiger partial charge on any atom is 0.0721 e. The summed E-state index contributed by atoms with van der Waals surface area (Å²) in [6, 6.07) is 0. The van der Waals surface area contributed by atoms with Gasteiger partial charge in [-0.25, -0.2) is 0 Å². The van der Waals surface area contributed by atoms with Gasteiger partial charge in [0.05, 0.1) is 12.7 Å². The van der Waals surface area contributed by atoms with Gasteiger partial charge in [0.25, 0.3) is 0 Å². The first-order chi connectivity index (χ1) is 4.81. The highest BCUT2D eigenvalue weighted by molar-refractivity contribution is 4.87. The minimum absolute atomic E-state index is 0.0170. The normalized spacial score (nSPS) is 14.3. The van der Waals surface area contributed by atoms with Crippen molar-refractivity contribution in [2.45, 2.75) is 32.3 Å². The molecule has 0 fully saturated rings. The third-order valence-electron chi connectivity index (χ3n) is 1.32. The SMILES string of the molecule is CCCCC(O)/C=C/CO. The molecule has 2 N–H and O–H groups in total. The lowest BCUT2D eigenvalue weighted by molar-refractivity contribution is 0.207. The Morgan fingerprint density at radius 3 is 2.70 bits per heavy atom. The first kappa shape index (κ1) is 9.66. The van der Waals surface area contributed by atoms with Gasteiger partial charge in [-0.1, -0.05) is 31.9 Å². The van der Waals surface area contributed by atoms with Crippen molar-refractivity contribution in [3.8, 4) is 0 Å². The van der Waals surface area contributed by atoms with Gasteiger partial charge in [0, 0.05) is 0 Å². The Balaban J connectivity index is 3.24. The molecule has 0 amide bonds. The number of hydrogen-bond donors (Lipinski definition) is 2. The number of hydrogen-bond acceptors (Lipinski definition) is 2. The molecule has 2 nitrogen and oxygen atoms in total. The number of aliphatic hydroxyl groups excluding tert-OH is 2. The van der Waals surface area contributed by atoms with E-state index in [1.165, 1.54) is 0 Å². The zero-order chi connectivity index (χ0) is 7.82. The summed E-state index contributed by atoms with van der Waals surface area (Å²) in [6.07, 6.45) is 5.77. The third-order valence-corrected chi connectivity index (χ3v) is 1.32. The van der Waals surface area contributed by atoms with Crippen LogP contribution in [0.1, 0.15) is 26.2 Å². The quantitative estimate of drug-likeness (QED) is 0.567. The van der Waals surface area contributed by atoms with E-state index in [-0.39, 0.29) is 12.7 Å². The minimum atomic E-state index is -0.368. The lowest BCUT2D eigenvalue weighted by atomic mass is 10.1. The highest BCUT2D eigenvalue weighted by Crippen LogP contribution is 2.00. The van der Waals surface area contributed by atoms with E-state index in [1.54, 1.807) is 12.2 Å². The van der Waals surface area contributed by atoms with Crippen LogP contribution >= 0.6 is 0 Å². The van der Waals surface area contributed by atoms with E-state index in [9.17, 15) is 0 Å². The van der Waals surface area contributed by atoms with Crippen LogP contribution in [0.15, 0.2) is 12.2 Å². The molecule has 0 aliphatic heterocycles. The summed E-state index contributed by atoms with van der Waals surface area (Å²) < 4.78 is 0. The first-order valence-electron chi connectivity index (χ1n) is 3.76. The molecule has 1 unspecified atom stereocenters. The van der Waals surface area contributed by atoms with Crippen LogP contribution in [0.5, 0.6) is 0 Å². The summed E-state index contributed by atoms with van der Waals surface area (Å²) in [5.41, 5.74) is 0. The van der Waals surface area contributed by atoms with E-state index in [4.69, 9.17) is 10.2 Å². The van der Waals surface area contributed by atoms with Crippen LogP contribution in [-0.4, -0.2) is 22.9 Å². The summed E-state index contributed by atoms with van der Waals surface area (Å²) in [7, 11) is 0. The van der Waals surface area contributed by atoms with E-state index in [1.807, 2.05) is 0 Å². The predicted molar refractivity (Wildman–Crippen MR) is 41.8 cm³/mol. The molecule has 0 rings (SSSR count). The standard InChI is InChI=1S/C8H16O2/c1-2-3-5-8(10)6-4-7-9/h4,6,8-10H,2-3,5,7H2,1H3/b6-4+. The van der Waals surface area contributed by atoms with Crippen molar-refractivity contribution in [1.82, 2.24) is 0 Å². The number of aliphatic hydroxyl groups is 2. The van der Waals surface area contributed by atoms with Gasteiger partial charge >= 0.3 is 0 Å². The molecule has 2 heteroatoms. The van der Waals surface area contributed by atoms with Crippen molar-refractivity contribution in [2.75, 3.05) is 6.61 Å². The predicted octanol–water partition coefficient (Wildman–Crippen LogP) is 1.09. The minimum Gasteiger partial charge on any atom is -0.392 e. The van der Waals surface area contributed by atoms with Crippen LogP contribution in [0.25, 0.3) is 0 Å². The van der Waals surface area contributed by atoms with Crippen molar-refractivity contribution < 1.29 is 10.2 Å². The van der Waals surface area contributed by atoms with Crippen LogP contribution < -0.4 is 0 Å². The molecule has 10 heavy (non-hydrogen) atoms. The third kappa shape index (κ3) is 5.79. The van der Waals surface area contributed by atoms with E-state index in [2.05, 4.69) is 6.92 Å². The average Bonchev–Trinajstić information content (AvgIpc) is 1.97. The molecule has 0 bridgehead atoms. The van der Waals surface area contributed by atoms with Crippen molar-refractivity contribution in [3.63, 3.8) is 0 Å². The summed E-state index contributed by atoms with van der Waals surface area (Å²) in [6.45, 7) is 2.10. The summed E-state index contributed by atoms with van der Waals surface area (Å²) in [5.74, 6) is 0. The zero-order valence-corrected chi connectivity index (χ0v) is 6.45. The molecule has 60 valence electrons. The number of rotatable bonds is 5. The largest absolute Gasteiger partial charge is 0.392 e. The number of unbranched alkanes of at least 4 members (excludes halogenated alkanes) is 1. The Morgan fingerprint density at radius 1 is 1.50 bits per heavy atom. The second kappa shape index (κ2) is 6.78. The van der Waals surface area contributed by atoms with Gasteiger partial charge in [0.1, 0.15) is 0 Å². The highest BCUT2D eigenvalue weighted by atomic mass is 16.3. The van der Waals surface area contributed by atoms with E-state index in [0.29, 0.717) is 0 Å². The average molecular weight is 144 g/mol. The summed E-state index contributed by atoms with van der Waals surface area (Å²) >= 11 is 0. The molecular formula is C8H16O2. The van der Waals surface area contributed by atoms with Crippen molar-refractivity contribution >= 4 is 0 Å². The molecule has 0 heterocycles. The fraction of sp³-hybridized carbons (Fsp3) is 0.750. The Labute approximate surface area is 62.2 Å². The van der Waals surface area contributed by atoms with Crippen LogP contribution in [0, 0.1) is 0 Å². The van der Waals surface area contributed by atoms with Gasteiger partial charge in [-0.3, -0.25) is 0 Å². The molecular weight excluding hydrogens is 128 g/mol. The second-order valence-corrected chi connectivity index (χ2v) is 2.32. The smallest absolute Gasteiger partial charge is 0.0721 e. The Hall–Kier alpha value is -0.340. The lowest BCUT2D eigenvalue weighted by Crippen LogP contribution is -2.01. The van der Waals surface area contributed by atoms with E-state index >= 15 is 0 Å². The maximum absolute atomic E-state index is 9.11. The second-order valence-electron chi connectivity index (χ2n) is 2.32. The molecule has 0 aromatic carbocycles. The van der Waals surface area contributed by atoms with Gasteiger partial charge in [-0.2, -0.15) is 0 Å². The molecule has 0 radical (unpaired) electrons. The Morgan fingerprint density at radius 2 is 2.20 bits per heavy atom. The fourth-order valence-electron chi connectivity index (χ4n) is 0.727. The lowest BCUT2D eigenvalue weighted by Gasteiger charge is -2.01. The first-order valence-corrected chi connectivity index (χ1v) is 3.76. The molecule has 0 aliphatic carbocycles. The molecule has 0 aliphatic rings. The molecule has 0 aromatic rings. The Bertz CT molecular complexity index is 89.3. The maximum atomic E-state index is 9.11. The van der Waals surface area contributed by atoms with Gasteiger partial charge in [-0.05, 0) is 6.42 Å². The van der Waals surface area contributed by atoms with Gasteiger partial charge in [-0.15, -0.1) is 0 Å². The molecule has 0 aromatic heterocycles. The summed E-state index contributed by atoms with van der Waals surface area (Å²) in [5, 5.41) is 17.5. The van der Waals surface area contributed by atoms with Crippen LogP contribution in [0.3, 0.4) is 0 Å². The van der Waals surface area contributed by atoms with Gasteiger partial charge < -0.3 is 10.2 Å². The highest BCUT2D eigenvalue weighted by Gasteiger charge is 1.95. The van der Waals surface area contributed by atoms with Crippen molar-refractivity contribution in [2.24, 2.45) is 0 Å². The molecule has 1 atom stereocenters.